The molecule has 7 nitrogen and oxygen atoms in total. The maximum Gasteiger partial charge on any atom is 0.244 e. The summed E-state index contributed by atoms with van der Waals surface area (Å²) in [4.78, 5) is 12.0. The lowest BCUT2D eigenvalue weighted by Crippen LogP contribution is -2.40. The Bertz CT molecular complexity index is 690. The van der Waals surface area contributed by atoms with Crippen LogP contribution in [0.5, 0.6) is 0 Å². The third kappa shape index (κ3) is 5.37. The molecule has 1 unspecified atom stereocenters. The van der Waals surface area contributed by atoms with Crippen molar-refractivity contribution < 1.29 is 23.1 Å². The predicted octanol–water partition coefficient (Wildman–Crippen LogP) is 0.608. The number of aliphatic hydroxyl groups excluding tert-OH is 1. The number of hydrogen-bond acceptors (Lipinski definition) is 5. The zero-order chi connectivity index (χ0) is 18.3. The number of amides is 1. The van der Waals surface area contributed by atoms with Crippen molar-refractivity contribution in [1.82, 2.24) is 9.62 Å². The van der Waals surface area contributed by atoms with Crippen LogP contribution in [0.4, 0.5) is 0 Å². The number of hydrogen-bond donors (Lipinski definition) is 2. The van der Waals surface area contributed by atoms with E-state index in [1.54, 1.807) is 18.2 Å². The quantitative estimate of drug-likeness (QED) is 0.688. The summed E-state index contributed by atoms with van der Waals surface area (Å²) < 4.78 is 31.6. The van der Waals surface area contributed by atoms with Gasteiger partial charge >= 0.3 is 0 Å². The topological polar surface area (TPSA) is 95.9 Å². The fourth-order valence-corrected chi connectivity index (χ4v) is 3.79. The van der Waals surface area contributed by atoms with Crippen LogP contribution in [0.25, 0.3) is 6.08 Å². The highest BCUT2D eigenvalue weighted by molar-refractivity contribution is 7.89. The van der Waals surface area contributed by atoms with Crippen molar-refractivity contribution in [3.63, 3.8) is 0 Å². The van der Waals surface area contributed by atoms with Gasteiger partial charge in [0.25, 0.3) is 0 Å². The summed E-state index contributed by atoms with van der Waals surface area (Å²) in [5, 5.41) is 11.7. The lowest BCUT2D eigenvalue weighted by Gasteiger charge is -2.26. The van der Waals surface area contributed by atoms with Crippen molar-refractivity contribution in [1.29, 1.82) is 0 Å². The summed E-state index contributed by atoms with van der Waals surface area (Å²) in [6.07, 6.45) is 3.61. The van der Waals surface area contributed by atoms with E-state index in [2.05, 4.69) is 5.32 Å². The molecule has 1 aromatic rings. The largest absolute Gasteiger partial charge is 0.394 e. The lowest BCUT2D eigenvalue weighted by molar-refractivity contribution is -0.117. The molecular weight excluding hydrogens is 344 g/mol. The van der Waals surface area contributed by atoms with Crippen LogP contribution >= 0.6 is 0 Å². The Kier molecular flexibility index (Phi) is 7.12. The second kappa shape index (κ2) is 9.10. The number of nitrogens with one attached hydrogen (secondary N) is 1. The molecule has 2 rings (SSSR count). The Morgan fingerprint density at radius 3 is 2.52 bits per heavy atom. The van der Waals surface area contributed by atoms with Crippen LogP contribution in [-0.2, 0) is 19.6 Å². The molecule has 0 saturated carbocycles. The number of aliphatic hydroxyl groups is 1. The zero-order valence-electron chi connectivity index (χ0n) is 14.2. The summed E-state index contributed by atoms with van der Waals surface area (Å²) in [6.45, 7) is 3.29. The third-order valence-corrected chi connectivity index (χ3v) is 5.89. The van der Waals surface area contributed by atoms with Gasteiger partial charge in [-0.25, -0.2) is 8.42 Å². The second-order valence-electron chi connectivity index (χ2n) is 5.72. The standard InChI is InChI=1S/C17H24N2O5S/c1-2-15(13-20)18-17(21)8-5-14-3-6-16(7-4-14)25(22,23)19-9-11-24-12-10-19/h3-8,15,20H,2,9-13H2,1H3,(H,18,21). The highest BCUT2D eigenvalue weighted by Gasteiger charge is 2.25. The lowest BCUT2D eigenvalue weighted by atomic mass is 10.2. The van der Waals surface area contributed by atoms with E-state index in [0.29, 0.717) is 38.3 Å². The van der Waals surface area contributed by atoms with Gasteiger partial charge in [-0.1, -0.05) is 19.1 Å². The molecule has 1 fully saturated rings. The van der Waals surface area contributed by atoms with Gasteiger partial charge in [-0.15, -0.1) is 0 Å². The molecule has 0 spiro atoms. The number of rotatable bonds is 7. The van der Waals surface area contributed by atoms with Gasteiger partial charge in [-0.3, -0.25) is 4.79 Å². The Morgan fingerprint density at radius 2 is 1.96 bits per heavy atom. The van der Waals surface area contributed by atoms with Crippen LogP contribution in [0.15, 0.2) is 35.2 Å². The average Bonchev–Trinajstić information content (AvgIpc) is 2.65. The van der Waals surface area contributed by atoms with E-state index in [1.165, 1.54) is 22.5 Å². The number of nitrogens with zero attached hydrogens (tertiary/aromatic N) is 1. The molecule has 2 N–H and O–H groups in total. The van der Waals surface area contributed by atoms with Crippen molar-refractivity contribution >= 4 is 22.0 Å². The van der Waals surface area contributed by atoms with Gasteiger partial charge in [0.2, 0.25) is 15.9 Å². The van der Waals surface area contributed by atoms with Crippen LogP contribution in [-0.4, -0.2) is 62.7 Å². The minimum Gasteiger partial charge on any atom is -0.394 e. The van der Waals surface area contributed by atoms with Gasteiger partial charge in [0.05, 0.1) is 30.8 Å². The molecule has 1 aliphatic heterocycles. The molecule has 8 heteroatoms. The SMILES string of the molecule is CCC(CO)NC(=O)C=Cc1ccc(S(=O)(=O)N2CCOCC2)cc1. The third-order valence-electron chi connectivity index (χ3n) is 3.97. The first-order chi connectivity index (χ1) is 12.0. The van der Waals surface area contributed by atoms with E-state index in [9.17, 15) is 13.2 Å². The first-order valence-corrected chi connectivity index (χ1v) is 9.68. The molecule has 1 atom stereocenters. The minimum absolute atomic E-state index is 0.107. The Balaban J connectivity index is 2.02. The molecule has 0 radical (unpaired) electrons. The Morgan fingerprint density at radius 1 is 1.32 bits per heavy atom. The van der Waals surface area contributed by atoms with Crippen molar-refractivity contribution in [3.05, 3.63) is 35.9 Å². The molecule has 25 heavy (non-hydrogen) atoms. The molecule has 1 saturated heterocycles. The average molecular weight is 368 g/mol. The fourth-order valence-electron chi connectivity index (χ4n) is 2.38. The van der Waals surface area contributed by atoms with Gasteiger partial charge in [-0.05, 0) is 30.2 Å². The predicted molar refractivity (Wildman–Crippen MR) is 94.4 cm³/mol. The smallest absolute Gasteiger partial charge is 0.244 e. The number of ether oxygens (including phenoxy) is 1. The summed E-state index contributed by atoms with van der Waals surface area (Å²) in [7, 11) is -3.51. The second-order valence-corrected chi connectivity index (χ2v) is 7.65. The number of carbonyl (C=O) groups is 1. The van der Waals surface area contributed by atoms with Gasteiger partial charge < -0.3 is 15.2 Å². The van der Waals surface area contributed by atoms with Crippen LogP contribution in [0.1, 0.15) is 18.9 Å². The van der Waals surface area contributed by atoms with E-state index < -0.39 is 10.0 Å². The van der Waals surface area contributed by atoms with E-state index in [-0.39, 0.29) is 23.5 Å². The van der Waals surface area contributed by atoms with Crippen LogP contribution < -0.4 is 5.32 Å². The number of sulfonamides is 1. The van der Waals surface area contributed by atoms with Gasteiger partial charge in [0.15, 0.2) is 0 Å². The van der Waals surface area contributed by atoms with Crippen molar-refractivity contribution in [2.75, 3.05) is 32.9 Å². The molecule has 1 heterocycles. The highest BCUT2D eigenvalue weighted by atomic mass is 32.2. The normalized spacial score (nSPS) is 17.5. The van der Waals surface area contributed by atoms with E-state index in [0.717, 1.165) is 0 Å². The number of benzene rings is 1. The number of morpholine rings is 1. The van der Waals surface area contributed by atoms with Gasteiger partial charge in [-0.2, -0.15) is 4.31 Å². The minimum atomic E-state index is -3.51. The van der Waals surface area contributed by atoms with Crippen LogP contribution in [0.3, 0.4) is 0 Å². The van der Waals surface area contributed by atoms with E-state index >= 15 is 0 Å². The van der Waals surface area contributed by atoms with Crippen molar-refractivity contribution in [2.24, 2.45) is 0 Å². The maximum absolute atomic E-state index is 12.5. The summed E-state index contributed by atoms with van der Waals surface area (Å²) >= 11 is 0. The monoisotopic (exact) mass is 368 g/mol. The maximum atomic E-state index is 12.5. The molecule has 1 amide bonds. The fraction of sp³-hybridized carbons (Fsp3) is 0.471. The first-order valence-electron chi connectivity index (χ1n) is 8.24. The summed E-state index contributed by atoms with van der Waals surface area (Å²) in [6, 6.07) is 6.11. The molecule has 0 bridgehead atoms. The first kappa shape index (κ1) is 19.6. The van der Waals surface area contributed by atoms with Crippen LogP contribution in [0.2, 0.25) is 0 Å². The summed E-state index contributed by atoms with van der Waals surface area (Å²) in [5.41, 5.74) is 0.716. The van der Waals surface area contributed by atoms with Gasteiger partial charge in [0.1, 0.15) is 0 Å². The van der Waals surface area contributed by atoms with Gasteiger partial charge in [0, 0.05) is 19.2 Å². The molecule has 0 aromatic heterocycles. The zero-order valence-corrected chi connectivity index (χ0v) is 15.0. The molecule has 1 aliphatic rings. The molecular formula is C17H24N2O5S. The van der Waals surface area contributed by atoms with Crippen LogP contribution in [0, 0.1) is 0 Å². The van der Waals surface area contributed by atoms with Crippen molar-refractivity contribution in [3.8, 4) is 0 Å². The number of carbonyl (C=O) groups excluding carboxylic acids is 1. The molecule has 1 aromatic carbocycles. The molecule has 138 valence electrons. The Labute approximate surface area is 148 Å². The van der Waals surface area contributed by atoms with Crippen molar-refractivity contribution in [2.45, 2.75) is 24.3 Å². The summed E-state index contributed by atoms with van der Waals surface area (Å²) in [5.74, 6) is -0.300. The van der Waals surface area contributed by atoms with E-state index in [4.69, 9.17) is 9.84 Å². The Hall–Kier alpha value is -1.74. The highest BCUT2D eigenvalue weighted by Crippen LogP contribution is 2.18. The van der Waals surface area contributed by atoms with E-state index in [1.807, 2.05) is 6.92 Å². The molecule has 0 aliphatic carbocycles.